The van der Waals surface area contributed by atoms with Crippen LogP contribution in [0.2, 0.25) is 0 Å². The first-order valence-electron chi connectivity index (χ1n) is 10.7. The number of halogens is 4. The molecule has 0 aliphatic rings. The molecule has 2 aromatic heterocycles. The van der Waals surface area contributed by atoms with Gasteiger partial charge in [0, 0.05) is 6.07 Å². The van der Waals surface area contributed by atoms with Crippen LogP contribution in [0.5, 0.6) is 11.5 Å². The van der Waals surface area contributed by atoms with Crippen LogP contribution in [-0.4, -0.2) is 22.8 Å². The van der Waals surface area contributed by atoms with Crippen molar-refractivity contribution in [3.05, 3.63) is 94.2 Å². The number of furan rings is 1. The number of nitrogens with zero attached hydrogens (tertiary/aromatic N) is 2. The fraction of sp³-hybridized carbons (Fsp3) is 0.200. The number of amides is 1. The lowest BCUT2D eigenvalue weighted by Crippen LogP contribution is -2.12. The van der Waals surface area contributed by atoms with Crippen LogP contribution in [0.25, 0.3) is 0 Å². The van der Waals surface area contributed by atoms with Crippen LogP contribution in [-0.2, 0) is 13.2 Å². The van der Waals surface area contributed by atoms with Gasteiger partial charge in [0.25, 0.3) is 5.91 Å². The lowest BCUT2D eigenvalue weighted by atomic mass is 10.2. The molecule has 0 saturated heterocycles. The predicted molar refractivity (Wildman–Crippen MR) is 121 cm³/mol. The number of nitrogens with one attached hydrogen (secondary N) is 1. The van der Waals surface area contributed by atoms with Gasteiger partial charge in [0.1, 0.15) is 18.1 Å². The van der Waals surface area contributed by atoms with Crippen molar-refractivity contribution in [3.63, 3.8) is 0 Å². The standard InChI is InChI=1S/C25H21F4N3O4/c1-13-23(14(2)32(31-13)11-15-5-4-6-16(9-15)34-3)30-25(33)20-8-7-17(36-20)12-35-24-21(28)18(26)10-19(27)22(24)29/h4-10H,11-12H2,1-3H3,(H,30,33). The number of aromatic nitrogens is 2. The first-order valence-corrected chi connectivity index (χ1v) is 10.7. The third-order valence-electron chi connectivity index (χ3n) is 5.40. The van der Waals surface area contributed by atoms with Gasteiger partial charge in [-0.3, -0.25) is 9.48 Å². The topological polar surface area (TPSA) is 78.5 Å². The smallest absolute Gasteiger partial charge is 0.291 e. The molecule has 4 aromatic rings. The minimum absolute atomic E-state index is 0.00535. The Bertz CT molecular complexity index is 1400. The number of rotatable bonds is 8. The molecule has 0 saturated carbocycles. The number of methoxy groups -OCH3 is 1. The van der Waals surface area contributed by atoms with E-state index >= 15 is 0 Å². The summed E-state index contributed by atoms with van der Waals surface area (Å²) >= 11 is 0. The molecule has 0 bridgehead atoms. The monoisotopic (exact) mass is 503 g/mol. The first kappa shape index (κ1) is 24.8. The summed E-state index contributed by atoms with van der Waals surface area (Å²) in [5.74, 6) is -7.74. The zero-order valence-corrected chi connectivity index (χ0v) is 19.5. The molecule has 0 aliphatic carbocycles. The molecule has 1 N–H and O–H groups in total. The fourth-order valence-corrected chi connectivity index (χ4v) is 3.55. The van der Waals surface area contributed by atoms with E-state index in [1.54, 1.807) is 25.6 Å². The second kappa shape index (κ2) is 10.1. The Morgan fingerprint density at radius 2 is 1.78 bits per heavy atom. The number of anilines is 1. The van der Waals surface area contributed by atoms with Gasteiger partial charge in [-0.05, 0) is 43.7 Å². The Kier molecular flexibility index (Phi) is 7.00. The highest BCUT2D eigenvalue weighted by Crippen LogP contribution is 2.28. The van der Waals surface area contributed by atoms with Crippen molar-refractivity contribution in [2.75, 3.05) is 12.4 Å². The summed E-state index contributed by atoms with van der Waals surface area (Å²) in [6.45, 7) is 3.43. The molecule has 36 heavy (non-hydrogen) atoms. The average molecular weight is 503 g/mol. The van der Waals surface area contributed by atoms with Gasteiger partial charge in [0.15, 0.2) is 23.1 Å². The molecular formula is C25H21F4N3O4. The Morgan fingerprint density at radius 1 is 1.06 bits per heavy atom. The molecule has 2 heterocycles. The average Bonchev–Trinajstić information content (AvgIpc) is 3.43. The number of aryl methyl sites for hydroxylation is 1. The van der Waals surface area contributed by atoms with E-state index in [4.69, 9.17) is 13.9 Å². The van der Waals surface area contributed by atoms with Crippen molar-refractivity contribution in [1.29, 1.82) is 0 Å². The van der Waals surface area contributed by atoms with Crippen LogP contribution in [0.15, 0.2) is 46.9 Å². The third kappa shape index (κ3) is 5.04. The van der Waals surface area contributed by atoms with E-state index in [1.165, 1.54) is 12.1 Å². The highest BCUT2D eigenvalue weighted by atomic mass is 19.2. The van der Waals surface area contributed by atoms with E-state index < -0.39 is 41.5 Å². The Balaban J connectivity index is 1.45. The highest BCUT2D eigenvalue weighted by molar-refractivity contribution is 6.02. The summed E-state index contributed by atoms with van der Waals surface area (Å²) in [6.07, 6.45) is 0. The van der Waals surface area contributed by atoms with E-state index in [1.807, 2.05) is 24.3 Å². The number of carbonyl (C=O) groups excluding carboxylic acids is 1. The summed E-state index contributed by atoms with van der Waals surface area (Å²) < 4.78 is 71.4. The first-order chi connectivity index (χ1) is 17.2. The Labute approximate surface area is 203 Å². The van der Waals surface area contributed by atoms with E-state index in [0.29, 0.717) is 29.4 Å². The van der Waals surface area contributed by atoms with E-state index in [2.05, 4.69) is 10.4 Å². The van der Waals surface area contributed by atoms with Gasteiger partial charge in [0.05, 0.1) is 30.7 Å². The number of hydrogen-bond donors (Lipinski definition) is 1. The molecule has 11 heteroatoms. The second-order valence-electron chi connectivity index (χ2n) is 7.86. The Hall–Kier alpha value is -4.28. The molecule has 0 fully saturated rings. The normalized spacial score (nSPS) is 11.0. The minimum Gasteiger partial charge on any atom is -0.497 e. The summed E-state index contributed by atoms with van der Waals surface area (Å²) in [6, 6.07) is 10.3. The number of benzene rings is 2. The van der Waals surface area contributed by atoms with Crippen molar-refractivity contribution < 1.29 is 36.2 Å². The summed E-state index contributed by atoms with van der Waals surface area (Å²) in [7, 11) is 1.58. The Morgan fingerprint density at radius 3 is 2.47 bits per heavy atom. The summed E-state index contributed by atoms with van der Waals surface area (Å²) in [5.41, 5.74) is 2.74. The van der Waals surface area contributed by atoms with E-state index in [9.17, 15) is 22.4 Å². The third-order valence-corrected chi connectivity index (χ3v) is 5.40. The lowest BCUT2D eigenvalue weighted by Gasteiger charge is -2.08. The SMILES string of the molecule is COc1cccc(Cn2nc(C)c(NC(=O)c3ccc(COc4c(F)c(F)cc(F)c4F)o3)c2C)c1. The molecule has 1 amide bonds. The molecular weight excluding hydrogens is 482 g/mol. The van der Waals surface area contributed by atoms with E-state index in [-0.39, 0.29) is 17.6 Å². The van der Waals surface area contributed by atoms with Crippen LogP contribution in [0, 0.1) is 37.1 Å². The van der Waals surface area contributed by atoms with Crippen LogP contribution in [0.4, 0.5) is 23.2 Å². The van der Waals surface area contributed by atoms with Gasteiger partial charge in [-0.2, -0.15) is 13.9 Å². The van der Waals surface area contributed by atoms with Crippen LogP contribution < -0.4 is 14.8 Å². The van der Waals surface area contributed by atoms with Crippen molar-refractivity contribution in [2.24, 2.45) is 0 Å². The summed E-state index contributed by atoms with van der Waals surface area (Å²) in [4.78, 5) is 12.7. The molecule has 4 rings (SSSR count). The van der Waals surface area contributed by atoms with Gasteiger partial charge in [-0.15, -0.1) is 0 Å². The van der Waals surface area contributed by atoms with Crippen molar-refractivity contribution in [3.8, 4) is 11.5 Å². The van der Waals surface area contributed by atoms with Crippen molar-refractivity contribution in [2.45, 2.75) is 27.0 Å². The molecule has 0 spiro atoms. The maximum absolute atomic E-state index is 13.8. The van der Waals surface area contributed by atoms with Crippen LogP contribution >= 0.6 is 0 Å². The largest absolute Gasteiger partial charge is 0.497 e. The van der Waals surface area contributed by atoms with Gasteiger partial charge in [-0.1, -0.05) is 12.1 Å². The molecule has 0 atom stereocenters. The molecule has 0 radical (unpaired) electrons. The molecule has 0 unspecified atom stereocenters. The highest BCUT2D eigenvalue weighted by Gasteiger charge is 2.22. The van der Waals surface area contributed by atoms with Crippen LogP contribution in [0.1, 0.15) is 33.3 Å². The number of hydrogen-bond acceptors (Lipinski definition) is 5. The number of carbonyl (C=O) groups is 1. The fourth-order valence-electron chi connectivity index (χ4n) is 3.55. The van der Waals surface area contributed by atoms with Gasteiger partial charge < -0.3 is 19.2 Å². The van der Waals surface area contributed by atoms with Gasteiger partial charge in [-0.25, -0.2) is 8.78 Å². The van der Waals surface area contributed by atoms with Gasteiger partial charge >= 0.3 is 0 Å². The van der Waals surface area contributed by atoms with Crippen LogP contribution in [0.3, 0.4) is 0 Å². The predicted octanol–water partition coefficient (Wildman–Crippen LogP) is 5.54. The maximum atomic E-state index is 13.8. The minimum atomic E-state index is -1.67. The zero-order valence-electron chi connectivity index (χ0n) is 19.5. The molecule has 188 valence electrons. The second-order valence-corrected chi connectivity index (χ2v) is 7.86. The maximum Gasteiger partial charge on any atom is 0.291 e. The molecule has 0 aliphatic heterocycles. The van der Waals surface area contributed by atoms with Crippen molar-refractivity contribution in [1.82, 2.24) is 9.78 Å². The van der Waals surface area contributed by atoms with Gasteiger partial charge in [0.2, 0.25) is 11.6 Å². The van der Waals surface area contributed by atoms with E-state index in [0.717, 1.165) is 5.56 Å². The number of ether oxygens (including phenoxy) is 2. The zero-order chi connectivity index (χ0) is 26.0. The molecule has 7 nitrogen and oxygen atoms in total. The summed E-state index contributed by atoms with van der Waals surface area (Å²) in [5, 5.41) is 7.23. The lowest BCUT2D eigenvalue weighted by molar-refractivity contribution is 0.0992. The molecule has 2 aromatic carbocycles. The van der Waals surface area contributed by atoms with Crippen molar-refractivity contribution >= 4 is 11.6 Å². The quantitative estimate of drug-likeness (QED) is 0.252.